The topological polar surface area (TPSA) is 199 Å². The summed E-state index contributed by atoms with van der Waals surface area (Å²) in [5, 5.41) is 13.4. The number of aryl methyl sites for hydroxylation is 2. The number of hydroxylamine groups is 1. The maximum atomic E-state index is 13.9. The van der Waals surface area contributed by atoms with Crippen LogP contribution in [0.5, 0.6) is 5.75 Å². The van der Waals surface area contributed by atoms with Crippen LogP contribution >= 0.6 is 11.3 Å². The van der Waals surface area contributed by atoms with E-state index in [2.05, 4.69) is 15.8 Å². The number of amides is 4. The van der Waals surface area contributed by atoms with Gasteiger partial charge in [-0.15, -0.1) is 11.3 Å². The molecule has 1 aromatic heterocycles. The van der Waals surface area contributed by atoms with Gasteiger partial charge in [0.1, 0.15) is 12.1 Å². The lowest BCUT2D eigenvalue weighted by atomic mass is 9.85. The lowest BCUT2D eigenvalue weighted by Gasteiger charge is -2.35. The van der Waals surface area contributed by atoms with Crippen LogP contribution in [0.4, 0.5) is 0 Å². The number of rotatable bonds is 18. The van der Waals surface area contributed by atoms with Crippen LogP contribution in [0.2, 0.25) is 0 Å². The smallest absolute Gasteiger partial charge is 0.275 e. The third-order valence-corrected chi connectivity index (χ3v) is 10.4. The van der Waals surface area contributed by atoms with E-state index in [-0.39, 0.29) is 49.8 Å². The number of likely N-dealkylation sites (tertiary alicyclic amines) is 1. The number of hydrogen-bond donors (Lipinski definition) is 5. The Morgan fingerprint density at radius 1 is 1.04 bits per heavy atom. The minimum absolute atomic E-state index is 0.0310. The number of aliphatic hydroxyl groups excluding tert-OH is 1. The Bertz CT molecular complexity index is 1670. The Hall–Kier alpha value is -4.37. The SMILES string of the molecule is Cc1ncsc1-c1ccc(ONC(=O)[C@@H]2C[C@@H](O)CN2C(=O)[C@@H](NC(=O)CCCCc2ccc(CO[C@H](C)[C@@H](N)CCC(N)=O)cc2)C(C)(C)C)cc1. The van der Waals surface area contributed by atoms with Gasteiger partial charge in [-0.05, 0) is 85.9 Å². The molecule has 0 aliphatic carbocycles. The van der Waals surface area contributed by atoms with Crippen molar-refractivity contribution in [2.45, 2.75) is 117 Å². The molecule has 53 heavy (non-hydrogen) atoms. The van der Waals surface area contributed by atoms with Crippen LogP contribution in [-0.4, -0.2) is 75.5 Å². The van der Waals surface area contributed by atoms with E-state index in [1.54, 1.807) is 17.6 Å². The Kier molecular flexibility index (Phi) is 14.9. The molecule has 5 atom stereocenters. The second-order valence-electron chi connectivity index (χ2n) is 14.8. The summed E-state index contributed by atoms with van der Waals surface area (Å²) in [5.74, 6) is -1.22. The Balaban J connectivity index is 1.23. The van der Waals surface area contributed by atoms with E-state index in [9.17, 15) is 24.3 Å². The monoisotopic (exact) mass is 750 g/mol. The third kappa shape index (κ3) is 12.3. The molecule has 1 aliphatic rings. The number of ether oxygens (including phenoxy) is 1. The molecule has 4 amide bonds. The van der Waals surface area contributed by atoms with E-state index in [1.807, 2.05) is 71.0 Å². The van der Waals surface area contributed by atoms with Crippen molar-refractivity contribution < 1.29 is 33.9 Å². The molecule has 0 spiro atoms. The highest BCUT2D eigenvalue weighted by atomic mass is 32.1. The number of primary amides is 1. The molecule has 14 heteroatoms. The van der Waals surface area contributed by atoms with Crippen LogP contribution in [0.25, 0.3) is 10.4 Å². The fourth-order valence-corrected chi connectivity index (χ4v) is 6.91. The molecule has 2 aromatic carbocycles. The molecule has 7 N–H and O–H groups in total. The van der Waals surface area contributed by atoms with Crippen molar-refractivity contribution in [1.29, 1.82) is 0 Å². The van der Waals surface area contributed by atoms with Crippen molar-refractivity contribution >= 4 is 35.0 Å². The molecule has 1 fully saturated rings. The van der Waals surface area contributed by atoms with Gasteiger partial charge in [-0.1, -0.05) is 45.0 Å². The number of hydrogen-bond acceptors (Lipinski definition) is 10. The number of thiazole rings is 1. The predicted molar refractivity (Wildman–Crippen MR) is 203 cm³/mol. The van der Waals surface area contributed by atoms with Crippen molar-refractivity contribution in [2.75, 3.05) is 6.54 Å². The van der Waals surface area contributed by atoms with Crippen LogP contribution in [0, 0.1) is 12.3 Å². The van der Waals surface area contributed by atoms with Gasteiger partial charge in [-0.2, -0.15) is 5.48 Å². The zero-order valence-corrected chi connectivity index (χ0v) is 32.1. The molecule has 0 radical (unpaired) electrons. The number of aliphatic hydroxyl groups is 1. The summed E-state index contributed by atoms with van der Waals surface area (Å²) in [5.41, 5.74) is 18.9. The van der Waals surface area contributed by atoms with Crippen molar-refractivity contribution in [3.05, 3.63) is 70.9 Å². The molecule has 0 unspecified atom stereocenters. The van der Waals surface area contributed by atoms with E-state index in [0.29, 0.717) is 25.2 Å². The number of carbonyl (C=O) groups is 4. The second-order valence-corrected chi connectivity index (χ2v) is 15.7. The lowest BCUT2D eigenvalue weighted by Crippen LogP contribution is -2.58. The van der Waals surface area contributed by atoms with Crippen molar-refractivity contribution in [3.63, 3.8) is 0 Å². The first-order valence-electron chi connectivity index (χ1n) is 18.1. The molecule has 1 aliphatic heterocycles. The number of aromatic nitrogens is 1. The summed E-state index contributed by atoms with van der Waals surface area (Å²) in [6.45, 7) is 9.75. The quantitative estimate of drug-likeness (QED) is 0.0945. The van der Waals surface area contributed by atoms with Crippen molar-refractivity contribution in [3.8, 4) is 16.2 Å². The average molecular weight is 751 g/mol. The first kappa shape index (κ1) is 41.4. The summed E-state index contributed by atoms with van der Waals surface area (Å²) in [4.78, 5) is 63.5. The highest BCUT2D eigenvalue weighted by Gasteiger charge is 2.44. The number of nitrogens with one attached hydrogen (secondary N) is 2. The Labute approximate surface area is 315 Å². The Morgan fingerprint density at radius 3 is 2.34 bits per heavy atom. The summed E-state index contributed by atoms with van der Waals surface area (Å²) >= 11 is 1.54. The van der Waals surface area contributed by atoms with Crippen LogP contribution in [0.15, 0.2) is 54.0 Å². The van der Waals surface area contributed by atoms with Gasteiger partial charge >= 0.3 is 0 Å². The third-order valence-electron chi connectivity index (χ3n) is 9.40. The van der Waals surface area contributed by atoms with Gasteiger partial charge in [0.25, 0.3) is 5.91 Å². The molecule has 288 valence electrons. The van der Waals surface area contributed by atoms with Crippen LogP contribution in [0.3, 0.4) is 0 Å². The highest BCUT2D eigenvalue weighted by molar-refractivity contribution is 7.13. The number of benzene rings is 2. The van der Waals surface area contributed by atoms with Gasteiger partial charge in [0, 0.05) is 31.8 Å². The molecule has 13 nitrogen and oxygen atoms in total. The molecule has 3 aromatic rings. The van der Waals surface area contributed by atoms with E-state index in [1.165, 1.54) is 16.2 Å². The van der Waals surface area contributed by atoms with Crippen LogP contribution < -0.4 is 27.1 Å². The van der Waals surface area contributed by atoms with E-state index in [0.717, 1.165) is 40.1 Å². The van der Waals surface area contributed by atoms with Crippen LogP contribution in [-0.2, 0) is 36.9 Å². The summed E-state index contributed by atoms with van der Waals surface area (Å²) in [6, 6.07) is 13.1. The van der Waals surface area contributed by atoms with Crippen molar-refractivity contribution in [1.82, 2.24) is 20.7 Å². The first-order chi connectivity index (χ1) is 25.1. The highest BCUT2D eigenvalue weighted by Crippen LogP contribution is 2.29. The maximum Gasteiger partial charge on any atom is 0.275 e. The molecule has 0 saturated carbocycles. The molecule has 4 rings (SSSR count). The van der Waals surface area contributed by atoms with Crippen molar-refractivity contribution in [2.24, 2.45) is 16.9 Å². The predicted octanol–water partition coefficient (Wildman–Crippen LogP) is 3.93. The summed E-state index contributed by atoms with van der Waals surface area (Å²) in [6.07, 6.45) is 2.07. The van der Waals surface area contributed by atoms with Gasteiger partial charge in [-0.3, -0.25) is 19.2 Å². The van der Waals surface area contributed by atoms with E-state index < -0.39 is 35.4 Å². The minimum atomic E-state index is -0.967. The van der Waals surface area contributed by atoms with Gasteiger partial charge in [0.2, 0.25) is 17.7 Å². The lowest BCUT2D eigenvalue weighted by molar-refractivity contribution is -0.145. The van der Waals surface area contributed by atoms with Gasteiger partial charge in [0.15, 0.2) is 5.75 Å². The Morgan fingerprint density at radius 2 is 1.72 bits per heavy atom. The number of β-amino-alcohol motifs (C(OH)–C–C–N with tert-alkyl or cyclic N) is 1. The molecule has 2 heterocycles. The first-order valence-corrected chi connectivity index (χ1v) is 19.0. The summed E-state index contributed by atoms with van der Waals surface area (Å²) < 4.78 is 5.87. The number of nitrogens with two attached hydrogens (primary N) is 2. The number of unbranched alkanes of at least 4 members (excludes halogenated alkanes) is 1. The van der Waals surface area contributed by atoms with Gasteiger partial charge in [0.05, 0.1) is 34.9 Å². The molecule has 1 saturated heterocycles. The van der Waals surface area contributed by atoms with E-state index in [4.69, 9.17) is 21.0 Å². The fraction of sp³-hybridized carbons (Fsp3) is 0.513. The normalized spacial score (nSPS) is 17.5. The zero-order chi connectivity index (χ0) is 38.7. The largest absolute Gasteiger partial charge is 0.391 e. The van der Waals surface area contributed by atoms with E-state index >= 15 is 0 Å². The zero-order valence-electron chi connectivity index (χ0n) is 31.3. The molecular formula is C39H54N6O7S. The summed E-state index contributed by atoms with van der Waals surface area (Å²) in [7, 11) is 0. The van der Waals surface area contributed by atoms with Crippen LogP contribution in [0.1, 0.15) is 83.0 Å². The maximum absolute atomic E-state index is 13.9. The number of carbonyl (C=O) groups excluding carboxylic acids is 4. The minimum Gasteiger partial charge on any atom is -0.391 e. The fourth-order valence-electron chi connectivity index (χ4n) is 6.10. The van der Waals surface area contributed by atoms with Gasteiger partial charge < -0.3 is 36.4 Å². The molecule has 0 bridgehead atoms. The average Bonchev–Trinajstić information content (AvgIpc) is 3.74. The second kappa shape index (κ2) is 19.1. The molecular weight excluding hydrogens is 697 g/mol. The standard InChI is InChI=1S/C39H54N6O7S/c1-24-35(53-23-42-24)28-14-16-30(17-15-28)52-44-37(49)32-20-29(46)21-45(32)38(50)36(39(3,4)5)43-34(48)9-7-6-8-26-10-12-27(13-11-26)22-51-25(2)31(40)18-19-33(41)47/h10-17,23,25,29,31-32,36,46H,6-9,18-22,40H2,1-5H3,(H2,41,47)(H,43,48)(H,44,49)/t25-,29-,31+,32+,36-/m1/s1. The van der Waals surface area contributed by atoms with Gasteiger partial charge in [-0.25, -0.2) is 4.98 Å². The number of nitrogens with zero attached hydrogens (tertiary/aromatic N) is 2.